The van der Waals surface area contributed by atoms with Gasteiger partial charge in [0.2, 0.25) is 0 Å². The van der Waals surface area contributed by atoms with Crippen LogP contribution in [0.15, 0.2) is 47.6 Å². The van der Waals surface area contributed by atoms with Crippen molar-refractivity contribution in [1.82, 2.24) is 13.9 Å². The van der Waals surface area contributed by atoms with Gasteiger partial charge in [0.25, 0.3) is 16.5 Å². The maximum Gasteiger partial charge on any atom is 0.290 e. The molecule has 2 aliphatic rings. The highest BCUT2D eigenvalue weighted by molar-refractivity contribution is 7.90. The minimum atomic E-state index is -3.78. The lowest BCUT2D eigenvalue weighted by molar-refractivity contribution is -0.122. The molecule has 0 saturated carbocycles. The van der Waals surface area contributed by atoms with Crippen LogP contribution in [0.25, 0.3) is 11.0 Å². The van der Waals surface area contributed by atoms with Gasteiger partial charge < -0.3 is 14.7 Å². The van der Waals surface area contributed by atoms with E-state index in [1.807, 2.05) is 12.1 Å². The summed E-state index contributed by atoms with van der Waals surface area (Å²) in [6.07, 6.45) is 7.33. The van der Waals surface area contributed by atoms with E-state index in [1.165, 1.54) is 10.4 Å². The summed E-state index contributed by atoms with van der Waals surface area (Å²) >= 11 is 0. The quantitative estimate of drug-likeness (QED) is 0.618. The maximum atomic E-state index is 13.6. The van der Waals surface area contributed by atoms with Gasteiger partial charge in [-0.05, 0) is 62.2 Å². The van der Waals surface area contributed by atoms with Crippen LogP contribution in [0.2, 0.25) is 0 Å². The highest BCUT2D eigenvalue weighted by Gasteiger charge is 2.30. The molecule has 8 nitrogen and oxygen atoms in total. The van der Waals surface area contributed by atoms with Crippen molar-refractivity contribution in [1.29, 1.82) is 0 Å². The van der Waals surface area contributed by atoms with Gasteiger partial charge in [-0.3, -0.25) is 9.78 Å². The number of hydrogen-bond donors (Lipinski definition) is 1. The van der Waals surface area contributed by atoms with Crippen molar-refractivity contribution in [2.24, 2.45) is 0 Å². The smallest absolute Gasteiger partial charge is 0.290 e. The standard InChI is InChI=1S/C21H23N3O3S.CH2O2/c1-23-11-4-6-17(23)13-16-14-24(18-7-3-10-22-20(16)18)28(25,26)19-8-2-5-15-9-12-27-21(15)19;2-1-3/h2-3,5,7-8,10,14,17H,4,6,9,11-13H2,1H3;1H,(H,2,3)/t17-;/m1./s1. The number of likely N-dealkylation sites (N-methyl/N-ethyl adjacent to an activating group) is 1. The number of benzene rings is 1. The third kappa shape index (κ3) is 3.90. The highest BCUT2D eigenvalue weighted by Crippen LogP contribution is 2.35. The van der Waals surface area contributed by atoms with Gasteiger partial charge in [-0.15, -0.1) is 0 Å². The number of para-hydroxylation sites is 1. The number of ether oxygens (including phenoxy) is 1. The molecule has 9 heteroatoms. The van der Waals surface area contributed by atoms with Crippen molar-refractivity contribution in [3.63, 3.8) is 0 Å². The van der Waals surface area contributed by atoms with E-state index in [-0.39, 0.29) is 11.4 Å². The minimum Gasteiger partial charge on any atom is -0.492 e. The van der Waals surface area contributed by atoms with Crippen LogP contribution in [-0.2, 0) is 27.7 Å². The summed E-state index contributed by atoms with van der Waals surface area (Å²) in [6.45, 7) is 1.36. The Morgan fingerprint density at radius 3 is 2.84 bits per heavy atom. The van der Waals surface area contributed by atoms with Gasteiger partial charge in [-0.25, -0.2) is 12.4 Å². The number of hydrogen-bond acceptors (Lipinski definition) is 6. The van der Waals surface area contributed by atoms with Crippen molar-refractivity contribution < 1.29 is 23.1 Å². The van der Waals surface area contributed by atoms with Gasteiger partial charge in [-0.2, -0.15) is 0 Å². The predicted molar refractivity (Wildman–Crippen MR) is 116 cm³/mol. The first-order valence-electron chi connectivity index (χ1n) is 10.2. The Bertz CT molecular complexity index is 1210. The zero-order chi connectivity index (χ0) is 22.0. The molecule has 1 atom stereocenters. The molecule has 0 unspecified atom stereocenters. The largest absolute Gasteiger partial charge is 0.492 e. The normalized spacial score (nSPS) is 18.3. The summed E-state index contributed by atoms with van der Waals surface area (Å²) in [5.41, 5.74) is 3.31. The maximum absolute atomic E-state index is 13.6. The fraction of sp³-hybridized carbons (Fsp3) is 0.364. The van der Waals surface area contributed by atoms with Crippen LogP contribution in [0.5, 0.6) is 5.75 Å². The molecule has 3 aromatic rings. The Kier molecular flexibility index (Phi) is 5.97. The predicted octanol–water partition coefficient (Wildman–Crippen LogP) is 2.55. The SMILES string of the molecule is CN1CCC[C@@H]1Cc1cn(S(=O)(=O)c2cccc3c2OCC3)c2cccnc12.O=CO. The average Bonchev–Trinajstić information content (AvgIpc) is 3.48. The van der Waals surface area contributed by atoms with E-state index in [9.17, 15) is 8.42 Å². The lowest BCUT2D eigenvalue weighted by Gasteiger charge is -2.18. The number of pyridine rings is 1. The van der Waals surface area contributed by atoms with Crippen molar-refractivity contribution in [2.45, 2.75) is 36.6 Å². The van der Waals surface area contributed by atoms with Crippen LogP contribution in [0.3, 0.4) is 0 Å². The molecule has 1 aromatic carbocycles. The van der Waals surface area contributed by atoms with Crippen LogP contribution in [0.4, 0.5) is 0 Å². The molecular formula is C22H25N3O5S. The van der Waals surface area contributed by atoms with E-state index in [2.05, 4.69) is 16.9 Å². The second-order valence-electron chi connectivity index (χ2n) is 7.76. The van der Waals surface area contributed by atoms with Gasteiger partial charge in [0.05, 0.1) is 17.6 Å². The molecule has 0 aliphatic carbocycles. The molecule has 2 aliphatic heterocycles. The fourth-order valence-electron chi connectivity index (χ4n) is 4.43. The Balaban J connectivity index is 0.000000730. The second-order valence-corrected chi connectivity index (χ2v) is 9.54. The summed E-state index contributed by atoms with van der Waals surface area (Å²) in [5.74, 6) is 0.491. The van der Waals surface area contributed by atoms with Crippen LogP contribution in [0.1, 0.15) is 24.0 Å². The third-order valence-electron chi connectivity index (χ3n) is 5.94. The van der Waals surface area contributed by atoms with Gasteiger partial charge in [0.1, 0.15) is 10.6 Å². The Morgan fingerprint density at radius 2 is 2.10 bits per heavy atom. The Morgan fingerprint density at radius 1 is 1.29 bits per heavy atom. The minimum absolute atomic E-state index is 0.229. The molecule has 0 bridgehead atoms. The zero-order valence-corrected chi connectivity index (χ0v) is 18.1. The van der Waals surface area contributed by atoms with E-state index in [1.54, 1.807) is 30.6 Å². The summed E-state index contributed by atoms with van der Waals surface area (Å²) in [6, 6.07) is 9.38. The van der Waals surface area contributed by atoms with Gasteiger partial charge in [-0.1, -0.05) is 12.1 Å². The molecule has 5 rings (SSSR count). The lowest BCUT2D eigenvalue weighted by Crippen LogP contribution is -2.26. The van der Waals surface area contributed by atoms with Crippen LogP contribution < -0.4 is 4.74 Å². The Hall–Kier alpha value is -2.91. The van der Waals surface area contributed by atoms with Crippen molar-refractivity contribution >= 4 is 27.5 Å². The molecule has 1 fully saturated rings. The highest BCUT2D eigenvalue weighted by atomic mass is 32.2. The number of carboxylic acid groups (broad SMARTS) is 1. The molecule has 0 spiro atoms. The third-order valence-corrected chi connectivity index (χ3v) is 7.64. The van der Waals surface area contributed by atoms with Crippen molar-refractivity contribution in [3.8, 4) is 5.75 Å². The molecule has 1 saturated heterocycles. The molecule has 4 heterocycles. The topological polar surface area (TPSA) is 102 Å². The zero-order valence-electron chi connectivity index (χ0n) is 17.3. The van der Waals surface area contributed by atoms with E-state index in [0.717, 1.165) is 42.5 Å². The number of likely N-dealkylation sites (tertiary alicyclic amines) is 1. The molecular weight excluding hydrogens is 418 g/mol. The molecule has 2 aromatic heterocycles. The molecule has 31 heavy (non-hydrogen) atoms. The van der Waals surface area contributed by atoms with E-state index >= 15 is 0 Å². The van der Waals surface area contributed by atoms with Gasteiger partial charge in [0, 0.05) is 24.9 Å². The van der Waals surface area contributed by atoms with Crippen LogP contribution >= 0.6 is 0 Å². The number of nitrogens with zero attached hydrogens (tertiary/aromatic N) is 3. The summed E-state index contributed by atoms with van der Waals surface area (Å²) < 4.78 is 34.2. The van der Waals surface area contributed by atoms with Gasteiger partial charge >= 0.3 is 0 Å². The first-order chi connectivity index (χ1) is 15.0. The molecule has 164 valence electrons. The number of rotatable bonds is 4. The monoisotopic (exact) mass is 443 g/mol. The van der Waals surface area contributed by atoms with Gasteiger partial charge in [0.15, 0.2) is 0 Å². The summed E-state index contributed by atoms with van der Waals surface area (Å²) in [7, 11) is -1.65. The van der Waals surface area contributed by atoms with Crippen LogP contribution in [-0.4, -0.2) is 60.1 Å². The number of carbonyl (C=O) groups is 1. The first-order valence-corrected chi connectivity index (χ1v) is 11.6. The van der Waals surface area contributed by atoms with Crippen molar-refractivity contribution in [2.75, 3.05) is 20.2 Å². The van der Waals surface area contributed by atoms with E-state index in [0.29, 0.717) is 23.9 Å². The summed E-state index contributed by atoms with van der Waals surface area (Å²) in [4.78, 5) is 15.4. The molecule has 0 amide bonds. The second kappa shape index (κ2) is 8.68. The van der Waals surface area contributed by atoms with E-state index < -0.39 is 10.0 Å². The van der Waals surface area contributed by atoms with Crippen LogP contribution in [0, 0.1) is 0 Å². The number of fused-ring (bicyclic) bond motifs is 2. The molecule has 0 radical (unpaired) electrons. The van der Waals surface area contributed by atoms with E-state index in [4.69, 9.17) is 14.6 Å². The molecule has 1 N–H and O–H groups in total. The Labute approximate surface area is 181 Å². The number of aromatic nitrogens is 2. The summed E-state index contributed by atoms with van der Waals surface area (Å²) in [5, 5.41) is 6.89. The average molecular weight is 444 g/mol. The van der Waals surface area contributed by atoms with Crippen molar-refractivity contribution in [3.05, 3.63) is 53.9 Å². The fourth-order valence-corrected chi connectivity index (χ4v) is 5.99. The first kappa shape index (κ1) is 21.3. The lowest BCUT2D eigenvalue weighted by atomic mass is 10.1.